The number of halogens is 1. The van der Waals surface area contributed by atoms with E-state index in [1.54, 1.807) is 25.1 Å². The smallest absolute Gasteiger partial charge is 0.341 e. The van der Waals surface area contributed by atoms with Crippen LogP contribution in [0.25, 0.3) is 11.4 Å². The van der Waals surface area contributed by atoms with Gasteiger partial charge < -0.3 is 14.6 Å². The number of thioether (sulfide) groups is 1. The maximum Gasteiger partial charge on any atom is 0.341 e. The van der Waals surface area contributed by atoms with Gasteiger partial charge in [-0.1, -0.05) is 18.7 Å². The first-order valence-corrected chi connectivity index (χ1v) is 11.7. The van der Waals surface area contributed by atoms with E-state index in [1.165, 1.54) is 35.2 Å². The van der Waals surface area contributed by atoms with E-state index < -0.39 is 5.97 Å². The Morgan fingerprint density at radius 2 is 1.94 bits per heavy atom. The molecule has 0 aliphatic carbocycles. The van der Waals surface area contributed by atoms with Crippen LogP contribution in [-0.4, -0.2) is 39.0 Å². The van der Waals surface area contributed by atoms with Crippen molar-refractivity contribution in [3.8, 4) is 11.4 Å². The van der Waals surface area contributed by atoms with E-state index >= 15 is 0 Å². The van der Waals surface area contributed by atoms with Gasteiger partial charge in [0.25, 0.3) is 0 Å². The summed E-state index contributed by atoms with van der Waals surface area (Å²) in [5.41, 5.74) is 1.12. The number of anilines is 1. The summed E-state index contributed by atoms with van der Waals surface area (Å²) < 4.78 is 20.2. The van der Waals surface area contributed by atoms with Crippen LogP contribution in [0, 0.1) is 5.82 Å². The Balaban J connectivity index is 1.70. The number of aryl methyl sites for hydroxylation is 1. The van der Waals surface area contributed by atoms with Crippen LogP contribution in [-0.2, 0) is 22.5 Å². The van der Waals surface area contributed by atoms with E-state index in [9.17, 15) is 14.0 Å². The molecule has 3 aromatic rings. The van der Waals surface area contributed by atoms with Gasteiger partial charge in [-0.2, -0.15) is 0 Å². The molecule has 0 radical (unpaired) electrons. The van der Waals surface area contributed by atoms with Crippen LogP contribution in [0.15, 0.2) is 35.5 Å². The van der Waals surface area contributed by atoms with Crippen LogP contribution in [0.2, 0.25) is 0 Å². The first kappa shape index (κ1) is 23.0. The zero-order valence-corrected chi connectivity index (χ0v) is 19.1. The molecular formula is C21H23FN4O3S2. The number of thiophene rings is 1. The quantitative estimate of drug-likeness (QED) is 0.368. The lowest BCUT2D eigenvalue weighted by Gasteiger charge is -2.08. The lowest BCUT2D eigenvalue weighted by atomic mass is 10.2. The van der Waals surface area contributed by atoms with Crippen molar-refractivity contribution >= 4 is 40.0 Å². The van der Waals surface area contributed by atoms with Gasteiger partial charge in [-0.3, -0.25) is 4.79 Å². The van der Waals surface area contributed by atoms with Crippen molar-refractivity contribution in [2.45, 2.75) is 38.9 Å². The number of carbonyl (C=O) groups is 2. The summed E-state index contributed by atoms with van der Waals surface area (Å²) in [6.45, 7) is 6.54. The molecule has 0 saturated heterocycles. The van der Waals surface area contributed by atoms with Crippen LogP contribution < -0.4 is 5.32 Å². The SMILES string of the molecule is CCOC(=O)c1cc(CC)sc1NC(=O)CSc1nnc(-c2ccc(F)cc2)n1CC. The van der Waals surface area contributed by atoms with Crippen molar-refractivity contribution in [3.63, 3.8) is 0 Å². The molecule has 1 amide bonds. The van der Waals surface area contributed by atoms with Gasteiger partial charge in [-0.15, -0.1) is 21.5 Å². The average Bonchev–Trinajstić information content (AvgIpc) is 3.36. The predicted molar refractivity (Wildman–Crippen MR) is 120 cm³/mol. The summed E-state index contributed by atoms with van der Waals surface area (Å²) in [4.78, 5) is 25.7. The second kappa shape index (κ2) is 10.5. The Morgan fingerprint density at radius 1 is 1.19 bits per heavy atom. The van der Waals surface area contributed by atoms with Crippen molar-refractivity contribution < 1.29 is 18.7 Å². The second-order valence-corrected chi connectivity index (χ2v) is 8.50. The standard InChI is InChI=1S/C21H23FN4O3S2/c1-4-15-11-16(20(28)29-6-3)19(31-15)23-17(27)12-30-21-25-24-18(26(21)5-2)13-7-9-14(22)10-8-13/h7-11H,4-6,12H2,1-3H3,(H,23,27). The molecule has 7 nitrogen and oxygen atoms in total. The number of aromatic nitrogens is 3. The number of carbonyl (C=O) groups excluding carboxylic acids is 2. The maximum absolute atomic E-state index is 13.2. The summed E-state index contributed by atoms with van der Waals surface area (Å²) >= 11 is 2.61. The fraction of sp³-hybridized carbons (Fsp3) is 0.333. The highest BCUT2D eigenvalue weighted by atomic mass is 32.2. The lowest BCUT2D eigenvalue weighted by Crippen LogP contribution is -2.16. The van der Waals surface area contributed by atoms with Gasteiger partial charge in [-0.05, 0) is 50.6 Å². The molecule has 0 fully saturated rings. The van der Waals surface area contributed by atoms with Gasteiger partial charge >= 0.3 is 5.97 Å². The first-order chi connectivity index (χ1) is 15.0. The van der Waals surface area contributed by atoms with Crippen LogP contribution in [0.4, 0.5) is 9.39 Å². The monoisotopic (exact) mass is 462 g/mol. The molecule has 10 heteroatoms. The van der Waals surface area contributed by atoms with E-state index in [2.05, 4.69) is 15.5 Å². The third-order valence-electron chi connectivity index (χ3n) is 4.35. The molecule has 0 bridgehead atoms. The number of esters is 1. The van der Waals surface area contributed by atoms with Crippen LogP contribution in [0.3, 0.4) is 0 Å². The minimum Gasteiger partial charge on any atom is -0.462 e. The zero-order valence-electron chi connectivity index (χ0n) is 17.5. The number of benzene rings is 1. The highest BCUT2D eigenvalue weighted by molar-refractivity contribution is 7.99. The third kappa shape index (κ3) is 5.50. The molecular weight excluding hydrogens is 439 g/mol. The zero-order chi connectivity index (χ0) is 22.4. The molecule has 0 aliphatic rings. The Kier molecular flexibility index (Phi) is 7.80. The summed E-state index contributed by atoms with van der Waals surface area (Å²) in [7, 11) is 0. The summed E-state index contributed by atoms with van der Waals surface area (Å²) in [6.07, 6.45) is 0.757. The van der Waals surface area contributed by atoms with Crippen LogP contribution in [0.5, 0.6) is 0 Å². The van der Waals surface area contributed by atoms with E-state index in [0.717, 1.165) is 16.9 Å². The summed E-state index contributed by atoms with van der Waals surface area (Å²) in [5.74, 6) is -0.311. The fourth-order valence-corrected chi connectivity index (χ4v) is 4.66. The van der Waals surface area contributed by atoms with E-state index in [-0.39, 0.29) is 24.1 Å². The highest BCUT2D eigenvalue weighted by Crippen LogP contribution is 2.30. The molecule has 0 saturated carbocycles. The molecule has 164 valence electrons. The summed E-state index contributed by atoms with van der Waals surface area (Å²) in [6, 6.07) is 7.79. The molecule has 1 N–H and O–H groups in total. The fourth-order valence-electron chi connectivity index (χ4n) is 2.86. The van der Waals surface area contributed by atoms with Crippen molar-refractivity contribution in [1.29, 1.82) is 0 Å². The number of nitrogens with zero attached hydrogens (tertiary/aromatic N) is 3. The average molecular weight is 463 g/mol. The predicted octanol–water partition coefficient (Wildman–Crippen LogP) is 4.64. The van der Waals surface area contributed by atoms with Gasteiger partial charge in [0, 0.05) is 17.0 Å². The number of rotatable bonds is 9. The number of hydrogen-bond acceptors (Lipinski definition) is 7. The largest absolute Gasteiger partial charge is 0.462 e. The van der Waals surface area contributed by atoms with Crippen LogP contribution >= 0.6 is 23.1 Å². The Labute approximate surface area is 188 Å². The molecule has 2 heterocycles. The molecule has 0 spiro atoms. The third-order valence-corrected chi connectivity index (χ3v) is 6.51. The second-order valence-electron chi connectivity index (χ2n) is 6.42. The normalized spacial score (nSPS) is 10.8. The van der Waals surface area contributed by atoms with Crippen molar-refractivity contribution in [2.75, 3.05) is 17.7 Å². The van der Waals surface area contributed by atoms with Gasteiger partial charge in [0.2, 0.25) is 5.91 Å². The topological polar surface area (TPSA) is 86.1 Å². The number of ether oxygens (including phenoxy) is 1. The van der Waals surface area contributed by atoms with E-state index in [0.29, 0.717) is 28.1 Å². The maximum atomic E-state index is 13.2. The highest BCUT2D eigenvalue weighted by Gasteiger charge is 2.20. The lowest BCUT2D eigenvalue weighted by molar-refractivity contribution is -0.113. The molecule has 0 aliphatic heterocycles. The van der Waals surface area contributed by atoms with Crippen molar-refractivity contribution in [3.05, 3.63) is 46.6 Å². The van der Waals surface area contributed by atoms with Crippen molar-refractivity contribution in [1.82, 2.24) is 14.8 Å². The number of hydrogen-bond donors (Lipinski definition) is 1. The van der Waals surface area contributed by atoms with Gasteiger partial charge in [0.05, 0.1) is 17.9 Å². The molecule has 31 heavy (non-hydrogen) atoms. The summed E-state index contributed by atoms with van der Waals surface area (Å²) in [5, 5.41) is 12.3. The first-order valence-electron chi connectivity index (χ1n) is 9.88. The van der Waals surface area contributed by atoms with E-state index in [4.69, 9.17) is 4.74 Å². The van der Waals surface area contributed by atoms with Gasteiger partial charge in [-0.25, -0.2) is 9.18 Å². The molecule has 0 atom stereocenters. The van der Waals surface area contributed by atoms with Gasteiger partial charge in [0.15, 0.2) is 11.0 Å². The molecule has 2 aromatic heterocycles. The Bertz CT molecular complexity index is 1060. The number of amides is 1. The number of nitrogens with one attached hydrogen (secondary N) is 1. The van der Waals surface area contributed by atoms with Crippen LogP contribution in [0.1, 0.15) is 36.0 Å². The van der Waals surface area contributed by atoms with E-state index in [1.807, 2.05) is 18.4 Å². The molecule has 3 rings (SSSR count). The molecule has 0 unspecified atom stereocenters. The minimum absolute atomic E-state index is 0.100. The van der Waals surface area contributed by atoms with Gasteiger partial charge in [0.1, 0.15) is 10.8 Å². The Hall–Kier alpha value is -2.72. The molecule has 1 aromatic carbocycles. The Morgan fingerprint density at radius 3 is 2.58 bits per heavy atom. The van der Waals surface area contributed by atoms with Crippen molar-refractivity contribution in [2.24, 2.45) is 0 Å². The minimum atomic E-state index is -0.448.